The molecular formula is C16H19BrNO+. The van der Waals surface area contributed by atoms with Crippen molar-refractivity contribution in [1.82, 2.24) is 0 Å². The molecule has 0 bridgehead atoms. The molecule has 2 rings (SSSR count). The molecule has 100 valence electrons. The monoisotopic (exact) mass is 320 g/mol. The Labute approximate surface area is 122 Å². The first-order valence-corrected chi connectivity index (χ1v) is 7.30. The molecular weight excluding hydrogens is 302 g/mol. The van der Waals surface area contributed by atoms with Gasteiger partial charge in [0.1, 0.15) is 19.6 Å². The maximum Gasteiger partial charge on any atom is 0.104 e. The number of aliphatic hydroxyl groups is 1. The Bertz CT molecular complexity index is 501. The van der Waals surface area contributed by atoms with Gasteiger partial charge in [-0.1, -0.05) is 64.5 Å². The zero-order valence-corrected chi connectivity index (χ0v) is 12.4. The topological polar surface area (TPSA) is 24.7 Å². The van der Waals surface area contributed by atoms with Crippen molar-refractivity contribution in [3.8, 4) is 0 Å². The molecule has 0 amide bonds. The number of rotatable bonds is 6. The highest BCUT2D eigenvalue weighted by Crippen LogP contribution is 2.14. The molecule has 0 fully saturated rings. The molecule has 0 saturated carbocycles. The lowest BCUT2D eigenvalue weighted by atomic mass is 10.1. The Kier molecular flexibility index (Phi) is 5.58. The van der Waals surface area contributed by atoms with E-state index in [2.05, 4.69) is 58.4 Å². The van der Waals surface area contributed by atoms with Crippen LogP contribution in [0.25, 0.3) is 0 Å². The van der Waals surface area contributed by atoms with Gasteiger partial charge in [0, 0.05) is 15.6 Å². The van der Waals surface area contributed by atoms with Crippen LogP contribution in [-0.4, -0.2) is 18.3 Å². The van der Waals surface area contributed by atoms with Crippen molar-refractivity contribution in [2.45, 2.75) is 13.1 Å². The van der Waals surface area contributed by atoms with Crippen LogP contribution in [0.2, 0.25) is 0 Å². The van der Waals surface area contributed by atoms with Gasteiger partial charge in [0.15, 0.2) is 0 Å². The molecule has 3 heteroatoms. The number of halogens is 1. The third-order valence-electron chi connectivity index (χ3n) is 3.16. The van der Waals surface area contributed by atoms with Crippen molar-refractivity contribution in [2.24, 2.45) is 0 Å². The van der Waals surface area contributed by atoms with Gasteiger partial charge in [0.25, 0.3) is 0 Å². The molecule has 19 heavy (non-hydrogen) atoms. The SMILES string of the molecule is OCC[NH+](Cc1ccccc1)Cc1ccccc1Br. The van der Waals surface area contributed by atoms with Crippen LogP contribution >= 0.6 is 15.9 Å². The van der Waals surface area contributed by atoms with Crippen molar-refractivity contribution in [3.63, 3.8) is 0 Å². The van der Waals surface area contributed by atoms with Crippen LogP contribution in [0, 0.1) is 0 Å². The molecule has 0 radical (unpaired) electrons. The number of nitrogens with one attached hydrogen (secondary N) is 1. The van der Waals surface area contributed by atoms with E-state index in [0.29, 0.717) is 0 Å². The van der Waals surface area contributed by atoms with Crippen molar-refractivity contribution >= 4 is 15.9 Å². The second kappa shape index (κ2) is 7.43. The summed E-state index contributed by atoms with van der Waals surface area (Å²) in [4.78, 5) is 1.36. The standard InChI is InChI=1S/C16H18BrNO/c17-16-9-5-4-8-15(16)13-18(10-11-19)12-14-6-2-1-3-7-14/h1-9,19H,10-13H2/p+1. The minimum atomic E-state index is 0.215. The van der Waals surface area contributed by atoms with Gasteiger partial charge in [0.2, 0.25) is 0 Å². The fourth-order valence-corrected chi connectivity index (χ4v) is 2.62. The zero-order valence-electron chi connectivity index (χ0n) is 10.8. The number of hydrogen-bond acceptors (Lipinski definition) is 1. The summed E-state index contributed by atoms with van der Waals surface area (Å²) in [5, 5.41) is 9.23. The van der Waals surface area contributed by atoms with Gasteiger partial charge in [-0.25, -0.2) is 0 Å². The molecule has 2 aromatic rings. The van der Waals surface area contributed by atoms with Crippen molar-refractivity contribution in [3.05, 3.63) is 70.2 Å². The number of hydrogen-bond donors (Lipinski definition) is 2. The minimum absolute atomic E-state index is 0.215. The van der Waals surface area contributed by atoms with Gasteiger partial charge in [-0.3, -0.25) is 0 Å². The van der Waals surface area contributed by atoms with E-state index in [1.165, 1.54) is 16.0 Å². The Morgan fingerprint density at radius 3 is 2.26 bits per heavy atom. The molecule has 2 aromatic carbocycles. The number of quaternary nitrogens is 1. The third-order valence-corrected chi connectivity index (χ3v) is 3.93. The first kappa shape index (κ1) is 14.3. The summed E-state index contributed by atoms with van der Waals surface area (Å²) >= 11 is 3.59. The van der Waals surface area contributed by atoms with Crippen LogP contribution < -0.4 is 4.90 Å². The summed E-state index contributed by atoms with van der Waals surface area (Å²) in [6, 6.07) is 18.7. The Morgan fingerprint density at radius 2 is 1.58 bits per heavy atom. The lowest BCUT2D eigenvalue weighted by Crippen LogP contribution is -3.09. The predicted molar refractivity (Wildman–Crippen MR) is 80.9 cm³/mol. The first-order valence-electron chi connectivity index (χ1n) is 6.51. The fourth-order valence-electron chi connectivity index (χ4n) is 2.19. The lowest BCUT2D eigenvalue weighted by Gasteiger charge is -2.19. The summed E-state index contributed by atoms with van der Waals surface area (Å²) < 4.78 is 1.14. The smallest absolute Gasteiger partial charge is 0.104 e. The first-order chi connectivity index (χ1) is 9.29. The molecule has 0 aliphatic rings. The second-order valence-electron chi connectivity index (χ2n) is 4.65. The highest BCUT2D eigenvalue weighted by molar-refractivity contribution is 9.10. The van der Waals surface area contributed by atoms with Gasteiger partial charge < -0.3 is 10.0 Å². The maximum atomic E-state index is 9.23. The molecule has 0 aromatic heterocycles. The second-order valence-corrected chi connectivity index (χ2v) is 5.51. The van der Waals surface area contributed by atoms with Gasteiger partial charge in [0.05, 0.1) is 6.61 Å². The Balaban J connectivity index is 2.06. The van der Waals surface area contributed by atoms with Crippen LogP contribution in [0.1, 0.15) is 11.1 Å². The molecule has 0 aliphatic carbocycles. The van der Waals surface area contributed by atoms with E-state index in [4.69, 9.17) is 0 Å². The maximum absolute atomic E-state index is 9.23. The fraction of sp³-hybridized carbons (Fsp3) is 0.250. The molecule has 2 N–H and O–H groups in total. The van der Waals surface area contributed by atoms with Gasteiger partial charge in [-0.2, -0.15) is 0 Å². The van der Waals surface area contributed by atoms with E-state index in [9.17, 15) is 5.11 Å². The van der Waals surface area contributed by atoms with E-state index in [1.807, 2.05) is 12.1 Å². The van der Waals surface area contributed by atoms with Crippen LogP contribution in [0.3, 0.4) is 0 Å². The largest absolute Gasteiger partial charge is 0.391 e. The highest BCUT2D eigenvalue weighted by Gasteiger charge is 2.11. The average molecular weight is 321 g/mol. The summed E-state index contributed by atoms with van der Waals surface area (Å²) in [5.41, 5.74) is 2.58. The summed E-state index contributed by atoms with van der Waals surface area (Å²) in [6.07, 6.45) is 0. The molecule has 2 nitrogen and oxygen atoms in total. The molecule has 0 saturated heterocycles. The van der Waals surface area contributed by atoms with Gasteiger partial charge >= 0.3 is 0 Å². The third kappa shape index (κ3) is 4.46. The number of aliphatic hydroxyl groups excluding tert-OH is 1. The highest BCUT2D eigenvalue weighted by atomic mass is 79.9. The van der Waals surface area contributed by atoms with Gasteiger partial charge in [-0.05, 0) is 6.07 Å². The summed E-state index contributed by atoms with van der Waals surface area (Å²) in [7, 11) is 0. The molecule has 1 atom stereocenters. The van der Waals surface area contributed by atoms with E-state index < -0.39 is 0 Å². The summed E-state index contributed by atoms with van der Waals surface area (Å²) in [5.74, 6) is 0. The van der Waals surface area contributed by atoms with Crippen molar-refractivity contribution in [1.29, 1.82) is 0 Å². The van der Waals surface area contributed by atoms with Crippen molar-refractivity contribution < 1.29 is 10.0 Å². The van der Waals surface area contributed by atoms with Crippen LogP contribution in [0.5, 0.6) is 0 Å². The average Bonchev–Trinajstić information content (AvgIpc) is 2.43. The van der Waals surface area contributed by atoms with Crippen LogP contribution in [0.4, 0.5) is 0 Å². The van der Waals surface area contributed by atoms with Crippen LogP contribution in [-0.2, 0) is 13.1 Å². The van der Waals surface area contributed by atoms with E-state index >= 15 is 0 Å². The van der Waals surface area contributed by atoms with Crippen LogP contribution in [0.15, 0.2) is 59.1 Å². The summed E-state index contributed by atoms with van der Waals surface area (Å²) in [6.45, 7) is 2.82. The van der Waals surface area contributed by atoms with Gasteiger partial charge in [-0.15, -0.1) is 0 Å². The minimum Gasteiger partial charge on any atom is -0.391 e. The van der Waals surface area contributed by atoms with Crippen molar-refractivity contribution in [2.75, 3.05) is 13.2 Å². The van der Waals surface area contributed by atoms with E-state index in [0.717, 1.165) is 24.1 Å². The quantitative estimate of drug-likeness (QED) is 0.836. The predicted octanol–water partition coefficient (Wildman–Crippen LogP) is 2.03. The zero-order chi connectivity index (χ0) is 13.5. The molecule has 0 heterocycles. The van der Waals surface area contributed by atoms with E-state index in [-0.39, 0.29) is 6.61 Å². The Morgan fingerprint density at radius 1 is 0.895 bits per heavy atom. The lowest BCUT2D eigenvalue weighted by molar-refractivity contribution is -0.927. The Hall–Kier alpha value is -1.16. The van der Waals surface area contributed by atoms with E-state index in [1.54, 1.807) is 0 Å². The molecule has 0 aliphatic heterocycles. The normalized spacial score (nSPS) is 12.3. The molecule has 0 spiro atoms. The number of benzene rings is 2. The molecule has 1 unspecified atom stereocenters.